The first-order valence-corrected chi connectivity index (χ1v) is 6.39. The molecule has 1 aromatic carbocycles. The molecule has 6 nitrogen and oxygen atoms in total. The number of ether oxygens (including phenoxy) is 1. The largest absolute Gasteiger partial charge is 0.497 e. The highest BCUT2D eigenvalue weighted by Gasteiger charge is 2.26. The number of methoxy groups -OCH3 is 1. The van der Waals surface area contributed by atoms with Crippen molar-refractivity contribution in [2.45, 2.75) is 12.5 Å². The Hall–Kier alpha value is -2.50. The van der Waals surface area contributed by atoms with Gasteiger partial charge in [0.2, 0.25) is 0 Å². The molecule has 3 rings (SSSR count). The van der Waals surface area contributed by atoms with Gasteiger partial charge < -0.3 is 15.2 Å². The number of rotatable bonds is 3. The predicted molar refractivity (Wildman–Crippen MR) is 73.4 cm³/mol. The second kappa shape index (κ2) is 4.88. The maximum atomic E-state index is 11.2. The Balaban J connectivity index is 1.98. The van der Waals surface area contributed by atoms with Crippen molar-refractivity contribution < 1.29 is 14.6 Å². The quantitative estimate of drug-likeness (QED) is 0.894. The molecule has 0 spiro atoms. The van der Waals surface area contributed by atoms with Crippen LogP contribution < -0.4 is 10.1 Å². The maximum absolute atomic E-state index is 11.2. The van der Waals surface area contributed by atoms with Crippen LogP contribution >= 0.6 is 0 Å². The Bertz CT molecular complexity index is 634. The number of aromatic carboxylic acids is 1. The summed E-state index contributed by atoms with van der Waals surface area (Å²) in [6.07, 6.45) is 2.26. The highest BCUT2D eigenvalue weighted by Crippen LogP contribution is 2.31. The summed E-state index contributed by atoms with van der Waals surface area (Å²) in [7, 11) is 1.63. The molecule has 1 atom stereocenters. The zero-order valence-electron chi connectivity index (χ0n) is 11.0. The van der Waals surface area contributed by atoms with Crippen LogP contribution in [0.2, 0.25) is 0 Å². The number of carbonyl (C=O) groups is 1. The molecule has 0 aliphatic carbocycles. The predicted octanol–water partition coefficient (Wildman–Crippen LogP) is 1.99. The zero-order chi connectivity index (χ0) is 14.1. The first-order chi connectivity index (χ1) is 9.70. The van der Waals surface area contributed by atoms with Gasteiger partial charge in [0.25, 0.3) is 0 Å². The van der Waals surface area contributed by atoms with Crippen molar-refractivity contribution in [1.82, 2.24) is 9.78 Å². The minimum absolute atomic E-state index is 0.0465. The summed E-state index contributed by atoms with van der Waals surface area (Å²) < 4.78 is 6.89. The van der Waals surface area contributed by atoms with E-state index in [1.807, 2.05) is 24.3 Å². The Morgan fingerprint density at radius 3 is 2.85 bits per heavy atom. The van der Waals surface area contributed by atoms with Gasteiger partial charge >= 0.3 is 5.97 Å². The van der Waals surface area contributed by atoms with Gasteiger partial charge in [0.15, 0.2) is 0 Å². The van der Waals surface area contributed by atoms with E-state index in [2.05, 4.69) is 10.4 Å². The molecular weight excluding hydrogens is 258 g/mol. The lowest BCUT2D eigenvalue weighted by atomic mass is 10.0. The van der Waals surface area contributed by atoms with E-state index in [9.17, 15) is 4.79 Å². The molecule has 1 aliphatic rings. The SMILES string of the molecule is COc1ccc(C2CCNc3c(C(=O)O)cnn32)cc1. The van der Waals surface area contributed by atoms with Gasteiger partial charge in [-0.15, -0.1) is 0 Å². The van der Waals surface area contributed by atoms with Gasteiger partial charge in [-0.25, -0.2) is 9.48 Å². The van der Waals surface area contributed by atoms with Crippen LogP contribution in [-0.2, 0) is 0 Å². The van der Waals surface area contributed by atoms with E-state index in [1.165, 1.54) is 6.20 Å². The number of nitrogens with zero attached hydrogens (tertiary/aromatic N) is 2. The molecule has 2 heterocycles. The molecule has 2 aromatic rings. The fourth-order valence-corrected chi connectivity index (χ4v) is 2.51. The van der Waals surface area contributed by atoms with Crippen molar-refractivity contribution in [3.8, 4) is 5.75 Å². The summed E-state index contributed by atoms with van der Waals surface area (Å²) in [5.41, 5.74) is 1.30. The molecule has 20 heavy (non-hydrogen) atoms. The summed E-state index contributed by atoms with van der Waals surface area (Å²) in [6, 6.07) is 7.82. The van der Waals surface area contributed by atoms with E-state index in [-0.39, 0.29) is 11.6 Å². The van der Waals surface area contributed by atoms with Crippen molar-refractivity contribution in [2.24, 2.45) is 0 Å². The second-order valence-electron chi connectivity index (χ2n) is 4.66. The van der Waals surface area contributed by atoms with Crippen LogP contribution in [0.25, 0.3) is 0 Å². The zero-order valence-corrected chi connectivity index (χ0v) is 11.0. The Morgan fingerprint density at radius 2 is 2.20 bits per heavy atom. The van der Waals surface area contributed by atoms with E-state index in [4.69, 9.17) is 9.84 Å². The van der Waals surface area contributed by atoms with Gasteiger partial charge in [-0.1, -0.05) is 12.1 Å². The van der Waals surface area contributed by atoms with Gasteiger partial charge in [0.1, 0.15) is 17.1 Å². The number of fused-ring (bicyclic) bond motifs is 1. The van der Waals surface area contributed by atoms with Gasteiger partial charge in [0, 0.05) is 6.54 Å². The van der Waals surface area contributed by atoms with Crippen molar-refractivity contribution >= 4 is 11.8 Å². The third-order valence-electron chi connectivity index (χ3n) is 3.53. The third kappa shape index (κ3) is 1.99. The average Bonchev–Trinajstić information content (AvgIpc) is 2.91. The summed E-state index contributed by atoms with van der Waals surface area (Å²) in [4.78, 5) is 11.2. The smallest absolute Gasteiger partial charge is 0.341 e. The molecule has 1 unspecified atom stereocenters. The van der Waals surface area contributed by atoms with Crippen LogP contribution in [0.15, 0.2) is 30.5 Å². The molecule has 0 saturated carbocycles. The Kier molecular flexibility index (Phi) is 3.06. The second-order valence-corrected chi connectivity index (χ2v) is 4.66. The normalized spacial score (nSPS) is 17.1. The van der Waals surface area contributed by atoms with E-state index in [0.717, 1.165) is 24.3 Å². The Labute approximate surface area is 116 Å². The number of hydrogen-bond acceptors (Lipinski definition) is 4. The number of carboxylic acid groups (broad SMARTS) is 1. The minimum Gasteiger partial charge on any atom is -0.497 e. The minimum atomic E-state index is -0.964. The third-order valence-corrected chi connectivity index (χ3v) is 3.53. The number of nitrogens with one attached hydrogen (secondary N) is 1. The standard InChI is InChI=1S/C14H15N3O3/c1-20-10-4-2-9(3-5-10)12-6-7-15-13-11(14(18)19)8-16-17(12)13/h2-5,8,12,15H,6-7H2,1H3,(H,18,19). The summed E-state index contributed by atoms with van der Waals surface area (Å²) in [5.74, 6) is 0.410. The van der Waals surface area contributed by atoms with Crippen LogP contribution in [0.3, 0.4) is 0 Å². The van der Waals surface area contributed by atoms with Crippen LogP contribution in [0.1, 0.15) is 28.4 Å². The topological polar surface area (TPSA) is 76.4 Å². The number of hydrogen-bond donors (Lipinski definition) is 2. The van der Waals surface area contributed by atoms with Crippen LogP contribution in [0.4, 0.5) is 5.82 Å². The molecule has 1 aromatic heterocycles. The highest BCUT2D eigenvalue weighted by molar-refractivity contribution is 5.93. The summed E-state index contributed by atoms with van der Waals surface area (Å²) >= 11 is 0. The molecule has 0 amide bonds. The van der Waals surface area contributed by atoms with E-state index < -0.39 is 5.97 Å². The molecular formula is C14H15N3O3. The molecule has 104 valence electrons. The van der Waals surface area contributed by atoms with Crippen LogP contribution in [0.5, 0.6) is 5.75 Å². The number of carboxylic acids is 1. The lowest BCUT2D eigenvalue weighted by Gasteiger charge is -2.26. The van der Waals surface area contributed by atoms with E-state index >= 15 is 0 Å². The fourth-order valence-electron chi connectivity index (χ4n) is 2.51. The van der Waals surface area contributed by atoms with E-state index in [0.29, 0.717) is 5.82 Å². The van der Waals surface area contributed by atoms with Crippen LogP contribution in [-0.4, -0.2) is 34.5 Å². The fraction of sp³-hybridized carbons (Fsp3) is 0.286. The van der Waals surface area contributed by atoms with Crippen molar-refractivity contribution in [3.63, 3.8) is 0 Å². The molecule has 0 radical (unpaired) electrons. The summed E-state index contributed by atoms with van der Waals surface area (Å²) in [6.45, 7) is 0.725. The number of benzene rings is 1. The molecule has 2 N–H and O–H groups in total. The lowest BCUT2D eigenvalue weighted by molar-refractivity contribution is 0.0697. The molecule has 1 aliphatic heterocycles. The maximum Gasteiger partial charge on any atom is 0.341 e. The average molecular weight is 273 g/mol. The summed E-state index contributed by atoms with van der Waals surface area (Å²) in [5, 5.41) is 16.5. The molecule has 0 fully saturated rings. The van der Waals surface area contributed by atoms with Crippen LogP contribution in [0, 0.1) is 0 Å². The molecule has 6 heteroatoms. The number of aromatic nitrogens is 2. The molecule has 0 bridgehead atoms. The van der Waals surface area contributed by atoms with Gasteiger partial charge in [-0.05, 0) is 24.1 Å². The van der Waals surface area contributed by atoms with E-state index in [1.54, 1.807) is 11.8 Å². The van der Waals surface area contributed by atoms with Crippen molar-refractivity contribution in [2.75, 3.05) is 19.0 Å². The van der Waals surface area contributed by atoms with Crippen molar-refractivity contribution in [1.29, 1.82) is 0 Å². The monoisotopic (exact) mass is 273 g/mol. The highest BCUT2D eigenvalue weighted by atomic mass is 16.5. The first kappa shape index (κ1) is 12.5. The number of anilines is 1. The Morgan fingerprint density at radius 1 is 1.45 bits per heavy atom. The van der Waals surface area contributed by atoms with Crippen molar-refractivity contribution in [3.05, 3.63) is 41.6 Å². The lowest BCUT2D eigenvalue weighted by Crippen LogP contribution is -2.25. The first-order valence-electron chi connectivity index (χ1n) is 6.39. The van der Waals surface area contributed by atoms with Gasteiger partial charge in [-0.3, -0.25) is 0 Å². The van der Waals surface area contributed by atoms with Gasteiger partial charge in [-0.2, -0.15) is 5.10 Å². The van der Waals surface area contributed by atoms with Gasteiger partial charge in [0.05, 0.1) is 19.3 Å². The molecule has 0 saturated heterocycles.